The zero-order chi connectivity index (χ0) is 18.8. The Balaban J connectivity index is 1.84. The van der Waals surface area contributed by atoms with Gasteiger partial charge in [0, 0.05) is 23.8 Å². The van der Waals surface area contributed by atoms with Crippen LogP contribution in [0, 0.1) is 0 Å². The molecule has 0 fully saturated rings. The van der Waals surface area contributed by atoms with Gasteiger partial charge in [-0.25, -0.2) is 4.79 Å². The number of carbonyl (C=O) groups excluding carboxylic acids is 2. The number of nitrogens with zero attached hydrogens (tertiary/aromatic N) is 3. The number of esters is 1. The number of benzene rings is 1. The topological polar surface area (TPSA) is 102 Å². The molecule has 0 saturated carbocycles. The first-order valence-electron chi connectivity index (χ1n) is 7.33. The van der Waals surface area contributed by atoms with E-state index in [9.17, 15) is 9.59 Å². The lowest BCUT2D eigenvalue weighted by atomic mass is 10.1. The van der Waals surface area contributed by atoms with Gasteiger partial charge in [-0.05, 0) is 24.3 Å². The Morgan fingerprint density at radius 1 is 1.27 bits per heavy atom. The lowest BCUT2D eigenvalue weighted by Gasteiger charge is -2.02. The van der Waals surface area contributed by atoms with Crippen LogP contribution >= 0.6 is 23.2 Å². The zero-order valence-corrected chi connectivity index (χ0v) is 15.2. The van der Waals surface area contributed by atoms with E-state index in [1.807, 2.05) is 0 Å². The van der Waals surface area contributed by atoms with Crippen LogP contribution in [0.1, 0.15) is 21.0 Å². The monoisotopic (exact) mass is 393 g/mol. The number of hydrogen-bond acceptors (Lipinski definition) is 5. The second kappa shape index (κ2) is 7.19. The summed E-state index contributed by atoms with van der Waals surface area (Å²) >= 11 is 12.0. The molecule has 0 aliphatic carbocycles. The van der Waals surface area contributed by atoms with Crippen LogP contribution in [0.4, 0.5) is 5.69 Å². The predicted octanol–water partition coefficient (Wildman–Crippen LogP) is 3.16. The first kappa shape index (κ1) is 18.0. The van der Waals surface area contributed by atoms with E-state index in [1.54, 1.807) is 31.3 Å². The molecule has 2 heterocycles. The summed E-state index contributed by atoms with van der Waals surface area (Å²) in [6.45, 7) is 0. The Kier molecular flexibility index (Phi) is 4.97. The van der Waals surface area contributed by atoms with E-state index in [0.717, 1.165) is 0 Å². The summed E-state index contributed by atoms with van der Waals surface area (Å²) in [4.78, 5) is 24.2. The minimum Gasteiger partial charge on any atom is -0.464 e. The highest BCUT2D eigenvalue weighted by atomic mass is 35.5. The summed E-state index contributed by atoms with van der Waals surface area (Å²) in [5.41, 5.74) is 1.53. The second-order valence-corrected chi connectivity index (χ2v) is 6.15. The SMILES string of the molecule is COC(=O)c1nn(C)cc1NC(=O)c1cc(-c2ccc(Cl)cc2Cl)n[nH]1. The molecule has 0 atom stereocenters. The highest BCUT2D eigenvalue weighted by Gasteiger charge is 2.20. The zero-order valence-electron chi connectivity index (χ0n) is 13.7. The summed E-state index contributed by atoms with van der Waals surface area (Å²) < 4.78 is 6.05. The number of carbonyl (C=O) groups is 2. The molecule has 2 aromatic heterocycles. The van der Waals surface area contributed by atoms with Gasteiger partial charge in [0.05, 0.1) is 23.5 Å². The number of rotatable bonds is 4. The average molecular weight is 394 g/mol. The van der Waals surface area contributed by atoms with Gasteiger partial charge in [0.15, 0.2) is 5.69 Å². The summed E-state index contributed by atoms with van der Waals surface area (Å²) in [5.74, 6) is -1.15. The van der Waals surface area contributed by atoms with Crippen molar-refractivity contribution in [2.24, 2.45) is 7.05 Å². The number of halogens is 2. The van der Waals surface area contributed by atoms with Crippen molar-refractivity contribution in [3.8, 4) is 11.3 Å². The summed E-state index contributed by atoms with van der Waals surface area (Å²) in [5, 5.41) is 14.2. The fourth-order valence-electron chi connectivity index (χ4n) is 2.29. The van der Waals surface area contributed by atoms with Crippen LogP contribution in [0.2, 0.25) is 10.0 Å². The molecule has 1 amide bonds. The van der Waals surface area contributed by atoms with Gasteiger partial charge in [0.2, 0.25) is 0 Å². The number of aromatic amines is 1. The van der Waals surface area contributed by atoms with Gasteiger partial charge in [0.25, 0.3) is 5.91 Å². The number of aryl methyl sites for hydroxylation is 1. The molecule has 0 aliphatic heterocycles. The lowest BCUT2D eigenvalue weighted by molar-refractivity contribution is 0.0594. The van der Waals surface area contributed by atoms with Crippen molar-refractivity contribution in [2.45, 2.75) is 0 Å². The Hall–Kier alpha value is -2.84. The van der Waals surface area contributed by atoms with Gasteiger partial charge in [-0.2, -0.15) is 10.2 Å². The van der Waals surface area contributed by atoms with Crippen LogP contribution in [0.25, 0.3) is 11.3 Å². The second-order valence-electron chi connectivity index (χ2n) is 5.30. The van der Waals surface area contributed by atoms with Gasteiger partial charge in [-0.3, -0.25) is 14.6 Å². The van der Waals surface area contributed by atoms with E-state index in [4.69, 9.17) is 23.2 Å². The Bertz CT molecular complexity index is 996. The third-order valence-corrected chi connectivity index (χ3v) is 4.03. The summed E-state index contributed by atoms with van der Waals surface area (Å²) in [7, 11) is 2.86. The molecule has 3 aromatic rings. The van der Waals surface area contributed by atoms with Crippen LogP contribution in [-0.2, 0) is 11.8 Å². The number of amides is 1. The first-order valence-corrected chi connectivity index (χ1v) is 8.08. The van der Waals surface area contributed by atoms with E-state index in [2.05, 4.69) is 25.3 Å². The smallest absolute Gasteiger partial charge is 0.360 e. The molecule has 2 N–H and O–H groups in total. The predicted molar refractivity (Wildman–Crippen MR) is 96.5 cm³/mol. The molecule has 3 rings (SSSR count). The number of ether oxygens (including phenoxy) is 1. The minimum absolute atomic E-state index is 0.00355. The van der Waals surface area contributed by atoms with Gasteiger partial charge in [-0.1, -0.05) is 23.2 Å². The average Bonchev–Trinajstić information content (AvgIpc) is 3.21. The molecule has 0 aliphatic rings. The highest BCUT2D eigenvalue weighted by Crippen LogP contribution is 2.29. The maximum Gasteiger partial charge on any atom is 0.360 e. The lowest BCUT2D eigenvalue weighted by Crippen LogP contribution is -2.15. The van der Waals surface area contributed by atoms with Crippen molar-refractivity contribution >= 4 is 40.8 Å². The molecular weight excluding hydrogens is 381 g/mol. The Morgan fingerprint density at radius 3 is 2.73 bits per heavy atom. The van der Waals surface area contributed by atoms with Crippen molar-refractivity contribution in [3.63, 3.8) is 0 Å². The van der Waals surface area contributed by atoms with Crippen molar-refractivity contribution in [1.82, 2.24) is 20.0 Å². The Labute approximate surface area is 158 Å². The first-order chi connectivity index (χ1) is 12.4. The minimum atomic E-state index is -0.654. The van der Waals surface area contributed by atoms with Crippen LogP contribution in [0.15, 0.2) is 30.5 Å². The van der Waals surface area contributed by atoms with Gasteiger partial charge >= 0.3 is 5.97 Å². The molecule has 0 spiro atoms. The van der Waals surface area contributed by atoms with E-state index in [1.165, 1.54) is 18.0 Å². The van der Waals surface area contributed by atoms with E-state index >= 15 is 0 Å². The van der Waals surface area contributed by atoms with Gasteiger partial charge in [-0.15, -0.1) is 0 Å². The number of anilines is 1. The molecule has 8 nitrogen and oxygen atoms in total. The standard InChI is InChI=1S/C16H13Cl2N5O3/c1-23-7-13(14(22-23)16(25)26-2)19-15(24)12-6-11(20-21-12)9-4-3-8(17)5-10(9)18/h3-7H,1-2H3,(H,19,24)(H,20,21). The summed E-state index contributed by atoms with van der Waals surface area (Å²) in [6, 6.07) is 6.51. The number of H-pyrrole nitrogens is 1. The molecule has 0 unspecified atom stereocenters. The maximum absolute atomic E-state index is 12.4. The van der Waals surface area contributed by atoms with Crippen LogP contribution in [0.3, 0.4) is 0 Å². The number of hydrogen-bond donors (Lipinski definition) is 2. The molecule has 134 valence electrons. The summed E-state index contributed by atoms with van der Waals surface area (Å²) in [6.07, 6.45) is 1.50. The molecule has 26 heavy (non-hydrogen) atoms. The molecular formula is C16H13Cl2N5O3. The third-order valence-electron chi connectivity index (χ3n) is 3.49. The van der Waals surface area contributed by atoms with Crippen molar-refractivity contribution in [2.75, 3.05) is 12.4 Å². The molecule has 0 bridgehead atoms. The van der Waals surface area contributed by atoms with Crippen molar-refractivity contribution in [3.05, 3.63) is 51.9 Å². The van der Waals surface area contributed by atoms with Crippen LogP contribution in [-0.4, -0.2) is 39.0 Å². The van der Waals surface area contributed by atoms with Crippen LogP contribution < -0.4 is 5.32 Å². The van der Waals surface area contributed by atoms with Crippen molar-refractivity contribution < 1.29 is 14.3 Å². The fourth-order valence-corrected chi connectivity index (χ4v) is 2.80. The highest BCUT2D eigenvalue weighted by molar-refractivity contribution is 6.36. The Morgan fingerprint density at radius 2 is 2.04 bits per heavy atom. The largest absolute Gasteiger partial charge is 0.464 e. The number of methoxy groups -OCH3 is 1. The number of aromatic nitrogens is 4. The van der Waals surface area contributed by atoms with Gasteiger partial charge in [0.1, 0.15) is 5.69 Å². The molecule has 0 saturated heterocycles. The third kappa shape index (κ3) is 3.56. The van der Waals surface area contributed by atoms with E-state index < -0.39 is 11.9 Å². The quantitative estimate of drug-likeness (QED) is 0.662. The normalized spacial score (nSPS) is 10.6. The molecule has 0 radical (unpaired) electrons. The maximum atomic E-state index is 12.4. The van der Waals surface area contributed by atoms with Crippen molar-refractivity contribution in [1.29, 1.82) is 0 Å². The van der Waals surface area contributed by atoms with Crippen LogP contribution in [0.5, 0.6) is 0 Å². The fraction of sp³-hybridized carbons (Fsp3) is 0.125. The molecule has 10 heteroatoms. The van der Waals surface area contributed by atoms with Gasteiger partial charge < -0.3 is 10.1 Å². The number of nitrogens with one attached hydrogen (secondary N) is 2. The van der Waals surface area contributed by atoms with E-state index in [0.29, 0.717) is 21.3 Å². The molecule has 1 aromatic carbocycles. The van der Waals surface area contributed by atoms with E-state index in [-0.39, 0.29) is 17.1 Å².